The Morgan fingerprint density at radius 3 is 2.81 bits per heavy atom. The minimum atomic E-state index is -3.20. The van der Waals surface area contributed by atoms with Crippen LogP contribution in [0.25, 0.3) is 0 Å². The lowest BCUT2D eigenvalue weighted by molar-refractivity contribution is 0.0951. The minimum Gasteiger partial charge on any atom is -0.352 e. The summed E-state index contributed by atoms with van der Waals surface area (Å²) in [4.78, 5) is 12.1. The van der Waals surface area contributed by atoms with Crippen molar-refractivity contribution in [3.05, 3.63) is 29.8 Å². The molecule has 0 unspecified atom stereocenters. The number of nitrogens with zero attached hydrogens (tertiary/aromatic N) is 1. The van der Waals surface area contributed by atoms with Gasteiger partial charge >= 0.3 is 0 Å². The summed E-state index contributed by atoms with van der Waals surface area (Å²) in [5, 5.41) is 2.92. The molecule has 1 heterocycles. The second-order valence-electron chi connectivity index (χ2n) is 5.98. The first-order valence-electron chi connectivity index (χ1n) is 7.36. The van der Waals surface area contributed by atoms with E-state index in [0.29, 0.717) is 42.6 Å². The predicted octanol–water partition coefficient (Wildman–Crippen LogP) is 1.61. The molecule has 1 saturated heterocycles. The van der Waals surface area contributed by atoms with E-state index in [1.165, 1.54) is 10.7 Å². The van der Waals surface area contributed by atoms with E-state index in [9.17, 15) is 13.2 Å². The van der Waals surface area contributed by atoms with E-state index < -0.39 is 10.0 Å². The van der Waals surface area contributed by atoms with E-state index in [0.717, 1.165) is 0 Å². The average Bonchev–Trinajstić information content (AvgIpc) is 3.04. The maximum Gasteiger partial charge on any atom is 0.251 e. The molecule has 2 fully saturated rings. The number of nitrogens with one attached hydrogen (secondary N) is 1. The number of hydrogen-bond acceptors (Lipinski definition) is 3. The van der Waals surface area contributed by atoms with Gasteiger partial charge in [-0.3, -0.25) is 9.10 Å². The molecule has 0 bridgehead atoms. The summed E-state index contributed by atoms with van der Waals surface area (Å²) in [6.45, 7) is 3.37. The van der Waals surface area contributed by atoms with Crippen molar-refractivity contribution in [3.8, 4) is 0 Å². The zero-order valence-electron chi connectivity index (χ0n) is 12.1. The van der Waals surface area contributed by atoms with Crippen molar-refractivity contribution >= 4 is 21.6 Å². The SMILES string of the molecule is C[C@H]1C[C@H]1CNC(=O)c1cccc(N2CCCS2(=O)=O)c1. The third-order valence-electron chi connectivity index (χ3n) is 4.30. The van der Waals surface area contributed by atoms with Gasteiger partial charge in [-0.1, -0.05) is 13.0 Å². The molecule has 1 saturated carbocycles. The van der Waals surface area contributed by atoms with Crippen LogP contribution >= 0.6 is 0 Å². The number of benzene rings is 1. The van der Waals surface area contributed by atoms with Crippen molar-refractivity contribution in [2.24, 2.45) is 11.8 Å². The first kappa shape index (κ1) is 14.4. The van der Waals surface area contributed by atoms with Gasteiger partial charge in [-0.05, 0) is 42.9 Å². The molecule has 5 nitrogen and oxygen atoms in total. The van der Waals surface area contributed by atoms with Crippen LogP contribution in [0.2, 0.25) is 0 Å². The molecule has 2 atom stereocenters. The summed E-state index contributed by atoms with van der Waals surface area (Å²) in [5.74, 6) is 1.35. The Bertz CT molecular complexity index is 657. The summed E-state index contributed by atoms with van der Waals surface area (Å²) in [6.07, 6.45) is 1.81. The Kier molecular flexibility index (Phi) is 3.65. The zero-order chi connectivity index (χ0) is 15.0. The number of rotatable bonds is 4. The van der Waals surface area contributed by atoms with Gasteiger partial charge in [0.1, 0.15) is 0 Å². The Hall–Kier alpha value is -1.56. The zero-order valence-corrected chi connectivity index (χ0v) is 12.9. The fourth-order valence-corrected chi connectivity index (χ4v) is 4.30. The lowest BCUT2D eigenvalue weighted by Gasteiger charge is -2.17. The number of amides is 1. The van der Waals surface area contributed by atoms with E-state index in [1.807, 2.05) is 0 Å². The molecule has 0 radical (unpaired) electrons. The lowest BCUT2D eigenvalue weighted by Crippen LogP contribution is -2.27. The molecular formula is C15H20N2O3S. The predicted molar refractivity (Wildman–Crippen MR) is 81.8 cm³/mol. The summed E-state index contributed by atoms with van der Waals surface area (Å²) < 4.78 is 25.3. The van der Waals surface area contributed by atoms with E-state index >= 15 is 0 Å². The number of carbonyl (C=O) groups is 1. The number of anilines is 1. The Morgan fingerprint density at radius 1 is 1.43 bits per heavy atom. The highest BCUT2D eigenvalue weighted by molar-refractivity contribution is 7.93. The van der Waals surface area contributed by atoms with Gasteiger partial charge in [0.15, 0.2) is 0 Å². The second-order valence-corrected chi connectivity index (χ2v) is 7.99. The normalized spacial score (nSPS) is 26.6. The van der Waals surface area contributed by atoms with E-state index in [2.05, 4.69) is 12.2 Å². The van der Waals surface area contributed by atoms with Crippen molar-refractivity contribution in [1.29, 1.82) is 0 Å². The third-order valence-corrected chi connectivity index (χ3v) is 6.17. The number of carbonyl (C=O) groups excluding carboxylic acids is 1. The number of sulfonamides is 1. The van der Waals surface area contributed by atoms with Crippen molar-refractivity contribution in [1.82, 2.24) is 5.32 Å². The molecule has 1 N–H and O–H groups in total. The fourth-order valence-electron chi connectivity index (χ4n) is 2.74. The van der Waals surface area contributed by atoms with Gasteiger partial charge in [0, 0.05) is 18.7 Å². The summed E-state index contributed by atoms with van der Waals surface area (Å²) in [5.41, 5.74) is 1.10. The van der Waals surface area contributed by atoms with Gasteiger partial charge in [0.05, 0.1) is 11.4 Å². The smallest absolute Gasteiger partial charge is 0.251 e. The van der Waals surface area contributed by atoms with E-state index in [-0.39, 0.29) is 11.7 Å². The molecule has 1 aliphatic carbocycles. The summed E-state index contributed by atoms with van der Waals surface area (Å²) in [6, 6.07) is 6.85. The average molecular weight is 308 g/mol. The highest BCUT2D eigenvalue weighted by Crippen LogP contribution is 2.36. The van der Waals surface area contributed by atoms with Gasteiger partial charge in [-0.15, -0.1) is 0 Å². The summed E-state index contributed by atoms with van der Waals surface area (Å²) in [7, 11) is -3.20. The molecule has 2 aliphatic rings. The molecule has 1 amide bonds. The van der Waals surface area contributed by atoms with Crippen LogP contribution in [0.4, 0.5) is 5.69 Å². The lowest BCUT2D eigenvalue weighted by atomic mass is 10.2. The standard InChI is InChI=1S/C15H20N2O3S/c1-11-8-13(11)10-16-15(18)12-4-2-5-14(9-12)17-6-3-7-21(17,19)20/h2,4-5,9,11,13H,3,6-8,10H2,1H3,(H,16,18)/t11-,13-/m0/s1. The first-order valence-corrected chi connectivity index (χ1v) is 8.97. The fraction of sp³-hybridized carbons (Fsp3) is 0.533. The molecular weight excluding hydrogens is 288 g/mol. The quantitative estimate of drug-likeness (QED) is 0.919. The Balaban J connectivity index is 1.72. The van der Waals surface area contributed by atoms with Crippen molar-refractivity contribution in [3.63, 3.8) is 0 Å². The van der Waals surface area contributed by atoms with E-state index in [4.69, 9.17) is 0 Å². The van der Waals surface area contributed by atoms with Crippen LogP contribution in [0.5, 0.6) is 0 Å². The topological polar surface area (TPSA) is 66.5 Å². The van der Waals surface area contributed by atoms with Crippen molar-refractivity contribution in [2.75, 3.05) is 23.1 Å². The molecule has 21 heavy (non-hydrogen) atoms. The molecule has 1 aromatic rings. The minimum absolute atomic E-state index is 0.132. The number of hydrogen-bond donors (Lipinski definition) is 1. The highest BCUT2D eigenvalue weighted by atomic mass is 32.2. The Morgan fingerprint density at radius 2 is 2.19 bits per heavy atom. The Labute approximate surface area is 125 Å². The molecule has 1 aromatic carbocycles. The van der Waals surface area contributed by atoms with E-state index in [1.54, 1.807) is 24.3 Å². The van der Waals surface area contributed by atoms with Gasteiger partial charge in [0.2, 0.25) is 10.0 Å². The van der Waals surface area contributed by atoms with Gasteiger partial charge in [0.25, 0.3) is 5.91 Å². The van der Waals surface area contributed by atoms with Crippen LogP contribution in [0.15, 0.2) is 24.3 Å². The van der Waals surface area contributed by atoms with Crippen LogP contribution in [0.3, 0.4) is 0 Å². The largest absolute Gasteiger partial charge is 0.352 e. The van der Waals surface area contributed by atoms with Crippen LogP contribution in [0.1, 0.15) is 30.1 Å². The van der Waals surface area contributed by atoms with Crippen LogP contribution < -0.4 is 9.62 Å². The third kappa shape index (κ3) is 3.05. The first-order chi connectivity index (χ1) is 9.97. The summed E-state index contributed by atoms with van der Waals surface area (Å²) >= 11 is 0. The molecule has 114 valence electrons. The van der Waals surface area contributed by atoms with Crippen molar-refractivity contribution in [2.45, 2.75) is 19.8 Å². The maximum atomic E-state index is 12.1. The highest BCUT2D eigenvalue weighted by Gasteiger charge is 2.32. The molecule has 0 spiro atoms. The maximum absolute atomic E-state index is 12.1. The van der Waals surface area contributed by atoms with Gasteiger partial charge in [-0.2, -0.15) is 0 Å². The van der Waals surface area contributed by atoms with Crippen LogP contribution in [-0.2, 0) is 10.0 Å². The van der Waals surface area contributed by atoms with Crippen LogP contribution in [0, 0.1) is 11.8 Å². The van der Waals surface area contributed by atoms with Crippen molar-refractivity contribution < 1.29 is 13.2 Å². The monoisotopic (exact) mass is 308 g/mol. The van der Waals surface area contributed by atoms with Crippen LogP contribution in [-0.4, -0.2) is 33.2 Å². The molecule has 0 aromatic heterocycles. The van der Waals surface area contributed by atoms with Gasteiger partial charge in [-0.25, -0.2) is 8.42 Å². The second kappa shape index (κ2) is 5.33. The van der Waals surface area contributed by atoms with Gasteiger partial charge < -0.3 is 5.32 Å². The molecule has 1 aliphatic heterocycles. The molecule has 6 heteroatoms. The molecule has 3 rings (SSSR count).